The highest BCUT2D eigenvalue weighted by molar-refractivity contribution is 5.20. The number of rotatable bonds is 0. The Morgan fingerprint density at radius 2 is 1.71 bits per heavy atom. The first-order valence-electron chi connectivity index (χ1n) is 13.4. The van der Waals surface area contributed by atoms with Gasteiger partial charge in [0.05, 0.1) is 18.3 Å². The summed E-state index contributed by atoms with van der Waals surface area (Å²) in [6.07, 6.45) is 11.5. The maximum atomic E-state index is 12.4. The summed E-state index contributed by atoms with van der Waals surface area (Å²) in [4.78, 5) is 0. The molecule has 2 saturated heterocycles. The summed E-state index contributed by atoms with van der Waals surface area (Å²) in [5.41, 5.74) is 6.16. The predicted octanol–water partition coefficient (Wildman–Crippen LogP) is 4.88. The molecule has 0 unspecified atom stereocenters. The number of aliphatic hydroxyl groups is 1. The maximum absolute atomic E-state index is 12.4. The van der Waals surface area contributed by atoms with Gasteiger partial charge in [-0.3, -0.25) is 0 Å². The molecule has 3 N–H and O–H groups in total. The van der Waals surface area contributed by atoms with E-state index in [1.54, 1.807) is 0 Å². The van der Waals surface area contributed by atoms with Crippen molar-refractivity contribution in [1.82, 2.24) is 0 Å². The van der Waals surface area contributed by atoms with Crippen molar-refractivity contribution < 1.29 is 14.6 Å². The third-order valence-corrected chi connectivity index (χ3v) is 12.2. The van der Waals surface area contributed by atoms with Gasteiger partial charge in [-0.15, -0.1) is 0 Å². The molecule has 0 aromatic heterocycles. The molecule has 12 atom stereocenters. The summed E-state index contributed by atoms with van der Waals surface area (Å²) < 4.78 is 13.3. The zero-order chi connectivity index (χ0) is 21.8. The molecule has 0 bridgehead atoms. The van der Waals surface area contributed by atoms with Gasteiger partial charge < -0.3 is 20.3 Å². The standard InChI is InChI=1S/C27H45NO3/c1-16-7-10-27(30-15-16)17(2)23-22(31-27)14-21-20-6-5-18-13-19(28)8-9-25(18,4)26(20,29)12-11-24(21,23)3/h16-23,29H,5-15,28H2,1-4H3/t16-,17+,18+,19+,20-,21+,22+,23+,24+,25+,26-,27-/m1/s1. The molecule has 4 nitrogen and oxygen atoms in total. The second kappa shape index (κ2) is 6.71. The summed E-state index contributed by atoms with van der Waals surface area (Å²) in [5.74, 6) is 2.93. The van der Waals surface area contributed by atoms with Crippen LogP contribution in [-0.4, -0.2) is 35.2 Å². The first kappa shape index (κ1) is 21.4. The average Bonchev–Trinajstić information content (AvgIpc) is 3.17. The summed E-state index contributed by atoms with van der Waals surface area (Å²) >= 11 is 0. The molecule has 6 aliphatic rings. The number of hydrogen-bond acceptors (Lipinski definition) is 4. The Morgan fingerprint density at radius 3 is 2.45 bits per heavy atom. The highest BCUT2D eigenvalue weighted by atomic mass is 16.7. The van der Waals surface area contributed by atoms with Crippen LogP contribution in [0, 0.1) is 46.3 Å². The topological polar surface area (TPSA) is 64.7 Å². The van der Waals surface area contributed by atoms with E-state index in [2.05, 4.69) is 27.7 Å². The predicted molar refractivity (Wildman–Crippen MR) is 121 cm³/mol. The fourth-order valence-electron chi connectivity index (χ4n) is 10.3. The molecule has 0 radical (unpaired) electrons. The Bertz CT molecular complexity index is 734. The van der Waals surface area contributed by atoms with Crippen molar-refractivity contribution in [2.45, 2.75) is 115 Å². The third-order valence-electron chi connectivity index (χ3n) is 12.2. The van der Waals surface area contributed by atoms with Crippen LogP contribution in [0.15, 0.2) is 0 Å². The van der Waals surface area contributed by atoms with Gasteiger partial charge in [-0.25, -0.2) is 0 Å². The average molecular weight is 432 g/mol. The molecule has 4 saturated carbocycles. The molecule has 6 fully saturated rings. The van der Waals surface area contributed by atoms with Gasteiger partial charge in [0.25, 0.3) is 0 Å². The maximum Gasteiger partial charge on any atom is 0.171 e. The fraction of sp³-hybridized carbons (Fsp3) is 1.00. The number of ether oxygens (including phenoxy) is 2. The second-order valence-electron chi connectivity index (χ2n) is 13.3. The zero-order valence-corrected chi connectivity index (χ0v) is 20.2. The van der Waals surface area contributed by atoms with Gasteiger partial charge in [-0.2, -0.15) is 0 Å². The molecular weight excluding hydrogens is 386 g/mol. The number of fused-ring (bicyclic) bond motifs is 7. The van der Waals surface area contributed by atoms with E-state index in [0.29, 0.717) is 47.7 Å². The van der Waals surface area contributed by atoms with E-state index in [1.165, 1.54) is 19.3 Å². The van der Waals surface area contributed by atoms with E-state index in [1.807, 2.05) is 0 Å². The summed E-state index contributed by atoms with van der Waals surface area (Å²) in [6.45, 7) is 10.5. The molecule has 176 valence electrons. The normalized spacial score (nSPS) is 63.3. The van der Waals surface area contributed by atoms with Gasteiger partial charge in [-0.05, 0) is 98.2 Å². The van der Waals surface area contributed by atoms with Crippen molar-refractivity contribution in [1.29, 1.82) is 0 Å². The van der Waals surface area contributed by atoms with Gasteiger partial charge in [0, 0.05) is 18.4 Å². The van der Waals surface area contributed by atoms with Crippen LogP contribution < -0.4 is 5.73 Å². The van der Waals surface area contributed by atoms with Crippen molar-refractivity contribution in [2.24, 2.45) is 52.1 Å². The summed E-state index contributed by atoms with van der Waals surface area (Å²) in [6, 6.07) is 0.335. The third kappa shape index (κ3) is 2.63. The van der Waals surface area contributed by atoms with Crippen LogP contribution >= 0.6 is 0 Å². The fourth-order valence-corrected chi connectivity index (χ4v) is 10.3. The number of nitrogens with two attached hydrogens (primary N) is 1. The quantitative estimate of drug-likeness (QED) is 0.574. The van der Waals surface area contributed by atoms with Crippen LogP contribution in [0.5, 0.6) is 0 Å². The second-order valence-corrected chi connectivity index (χ2v) is 13.3. The molecule has 0 aromatic rings. The Hall–Kier alpha value is -0.160. The van der Waals surface area contributed by atoms with Crippen molar-refractivity contribution >= 4 is 0 Å². The van der Waals surface area contributed by atoms with E-state index in [0.717, 1.165) is 51.6 Å². The molecule has 6 rings (SSSR count). The SMILES string of the molecule is C[C@@H]1CC[C@@]2(OC1)O[C@H]1C[C@H]3[C@H]4CC[C@H]5C[C@@H](N)CC[C@]5(C)[C@@]4(O)CC[C@]3(C)[C@H]1[C@@H]2C. The van der Waals surface area contributed by atoms with Crippen molar-refractivity contribution in [2.75, 3.05) is 6.61 Å². The van der Waals surface area contributed by atoms with Crippen LogP contribution in [0.2, 0.25) is 0 Å². The molecule has 0 aromatic carbocycles. The lowest BCUT2D eigenvalue weighted by atomic mass is 9.42. The smallest absolute Gasteiger partial charge is 0.171 e. The van der Waals surface area contributed by atoms with E-state index >= 15 is 0 Å². The summed E-state index contributed by atoms with van der Waals surface area (Å²) in [7, 11) is 0. The highest BCUT2D eigenvalue weighted by Crippen LogP contribution is 2.72. The van der Waals surface area contributed by atoms with Crippen LogP contribution in [0.3, 0.4) is 0 Å². The lowest BCUT2D eigenvalue weighted by molar-refractivity contribution is -0.277. The Morgan fingerprint density at radius 1 is 0.903 bits per heavy atom. The molecule has 0 amide bonds. The molecule has 2 aliphatic heterocycles. The Kier molecular flexibility index (Phi) is 4.62. The van der Waals surface area contributed by atoms with Crippen molar-refractivity contribution in [3.63, 3.8) is 0 Å². The van der Waals surface area contributed by atoms with Gasteiger partial charge in [0.15, 0.2) is 5.79 Å². The van der Waals surface area contributed by atoms with E-state index in [4.69, 9.17) is 15.2 Å². The monoisotopic (exact) mass is 431 g/mol. The van der Waals surface area contributed by atoms with E-state index in [9.17, 15) is 5.11 Å². The molecule has 31 heavy (non-hydrogen) atoms. The van der Waals surface area contributed by atoms with E-state index < -0.39 is 5.60 Å². The Balaban J connectivity index is 1.29. The minimum Gasteiger partial charge on any atom is -0.389 e. The van der Waals surface area contributed by atoms with Crippen LogP contribution in [-0.2, 0) is 9.47 Å². The lowest BCUT2D eigenvalue weighted by Crippen LogP contribution is -2.66. The Labute approximate surface area is 189 Å². The minimum atomic E-state index is -0.517. The molecule has 4 heteroatoms. The van der Waals surface area contributed by atoms with Crippen LogP contribution in [0.4, 0.5) is 0 Å². The van der Waals surface area contributed by atoms with E-state index in [-0.39, 0.29) is 16.6 Å². The van der Waals surface area contributed by atoms with Crippen molar-refractivity contribution in [3.05, 3.63) is 0 Å². The van der Waals surface area contributed by atoms with Gasteiger partial charge in [0.1, 0.15) is 0 Å². The molecular formula is C27H45NO3. The first-order valence-corrected chi connectivity index (χ1v) is 13.4. The van der Waals surface area contributed by atoms with Gasteiger partial charge in [0.2, 0.25) is 0 Å². The molecule has 4 aliphatic carbocycles. The zero-order valence-electron chi connectivity index (χ0n) is 20.2. The molecule has 2 heterocycles. The lowest BCUT2D eigenvalue weighted by Gasteiger charge is -2.65. The minimum absolute atomic E-state index is 0.0428. The number of hydrogen-bond donors (Lipinski definition) is 2. The van der Waals surface area contributed by atoms with Crippen LogP contribution in [0.25, 0.3) is 0 Å². The van der Waals surface area contributed by atoms with Gasteiger partial charge >= 0.3 is 0 Å². The van der Waals surface area contributed by atoms with Crippen LogP contribution in [0.1, 0.15) is 91.9 Å². The molecule has 1 spiro atoms. The largest absolute Gasteiger partial charge is 0.389 e. The first-order chi connectivity index (χ1) is 14.6. The highest BCUT2D eigenvalue weighted by Gasteiger charge is 2.72. The summed E-state index contributed by atoms with van der Waals surface area (Å²) in [5, 5.41) is 12.4. The van der Waals surface area contributed by atoms with Crippen molar-refractivity contribution in [3.8, 4) is 0 Å². The van der Waals surface area contributed by atoms with Gasteiger partial charge in [-0.1, -0.05) is 27.7 Å².